The maximum Gasteiger partial charge on any atom is 0.274 e. The van der Waals surface area contributed by atoms with Gasteiger partial charge in [-0.25, -0.2) is 0 Å². The van der Waals surface area contributed by atoms with E-state index in [-0.39, 0.29) is 17.8 Å². The van der Waals surface area contributed by atoms with Crippen LogP contribution >= 0.6 is 11.6 Å². The van der Waals surface area contributed by atoms with Gasteiger partial charge in [-0.3, -0.25) is 29.8 Å². The topological polar surface area (TPSA) is 155 Å². The fraction of sp³-hybridized carbons (Fsp3) is 0.286. The lowest BCUT2D eigenvalue weighted by molar-refractivity contribution is -0.385. The quantitative estimate of drug-likeness (QED) is 0.327. The molecule has 11 nitrogen and oxygen atoms in total. The molecule has 2 saturated heterocycles. The first-order chi connectivity index (χ1) is 15.7. The molecule has 2 aromatic rings. The second kappa shape index (κ2) is 9.04. The van der Waals surface area contributed by atoms with Crippen molar-refractivity contribution in [1.29, 1.82) is 0 Å². The van der Waals surface area contributed by atoms with E-state index in [1.165, 1.54) is 18.2 Å². The van der Waals surface area contributed by atoms with Crippen LogP contribution in [0.2, 0.25) is 5.02 Å². The third-order valence-electron chi connectivity index (χ3n) is 5.60. The number of benzene rings is 2. The molecule has 12 heteroatoms. The molecule has 33 heavy (non-hydrogen) atoms. The molecule has 0 aromatic heterocycles. The van der Waals surface area contributed by atoms with Crippen LogP contribution in [0.15, 0.2) is 42.5 Å². The fourth-order valence-electron chi connectivity index (χ4n) is 4.02. The Hall–Kier alpha value is -3.70. The minimum absolute atomic E-state index is 0.140. The largest absolute Gasteiger partial charge is 0.353 e. The highest BCUT2D eigenvalue weighted by atomic mass is 35.5. The number of carbonyl (C=O) groups excluding carboxylic acids is 3. The van der Waals surface area contributed by atoms with Gasteiger partial charge in [0.05, 0.1) is 22.9 Å². The van der Waals surface area contributed by atoms with Crippen LogP contribution in [0, 0.1) is 28.9 Å². The van der Waals surface area contributed by atoms with Crippen LogP contribution < -0.4 is 26.6 Å². The first kappa shape index (κ1) is 22.5. The number of carbonyl (C=O) groups is 3. The highest BCUT2D eigenvalue weighted by Gasteiger charge is 2.48. The third-order valence-corrected chi connectivity index (χ3v) is 5.83. The number of hydrogen-bond donors (Lipinski definition) is 5. The summed E-state index contributed by atoms with van der Waals surface area (Å²) in [6.45, 7) is 1.59. The number of nitro groups is 1. The molecule has 5 N–H and O–H groups in total. The van der Waals surface area contributed by atoms with E-state index < -0.39 is 46.9 Å². The first-order valence-electron chi connectivity index (χ1n) is 10.1. The molecule has 0 aliphatic carbocycles. The van der Waals surface area contributed by atoms with E-state index in [0.717, 1.165) is 0 Å². The molecule has 172 valence electrons. The van der Waals surface area contributed by atoms with E-state index in [1.807, 2.05) is 0 Å². The Labute approximate surface area is 193 Å². The van der Waals surface area contributed by atoms with Gasteiger partial charge in [0, 0.05) is 34.4 Å². The van der Waals surface area contributed by atoms with E-state index in [0.29, 0.717) is 16.3 Å². The van der Waals surface area contributed by atoms with Crippen LogP contribution in [0.4, 0.5) is 17.1 Å². The van der Waals surface area contributed by atoms with Crippen LogP contribution in [0.1, 0.15) is 12.0 Å². The number of piperidine rings is 1. The molecule has 0 spiro atoms. The number of aryl methyl sites for hydroxylation is 1. The predicted octanol–water partition coefficient (Wildman–Crippen LogP) is 1.69. The molecule has 4 atom stereocenters. The number of anilines is 2. The summed E-state index contributed by atoms with van der Waals surface area (Å²) in [6.07, 6.45) is -1.69. The summed E-state index contributed by atoms with van der Waals surface area (Å²) in [5.41, 5.74) is 1.17. The van der Waals surface area contributed by atoms with Gasteiger partial charge in [0.2, 0.25) is 17.7 Å². The van der Waals surface area contributed by atoms with Gasteiger partial charge in [-0.2, -0.15) is 0 Å². The van der Waals surface area contributed by atoms with Gasteiger partial charge in [0.1, 0.15) is 0 Å². The number of halogens is 1. The zero-order chi connectivity index (χ0) is 23.7. The molecule has 2 aliphatic heterocycles. The van der Waals surface area contributed by atoms with E-state index in [9.17, 15) is 24.5 Å². The number of nitrogens with one attached hydrogen (secondary N) is 5. The zero-order valence-corrected chi connectivity index (χ0v) is 18.2. The molecular weight excluding hydrogens is 452 g/mol. The van der Waals surface area contributed by atoms with Crippen LogP contribution in [0.5, 0.6) is 0 Å². The van der Waals surface area contributed by atoms with Gasteiger partial charge < -0.3 is 21.3 Å². The molecular formula is C21H21ClN6O5. The standard InChI is InChI=1S/C21H21ClN6O5/c1-10-5-6-13(8-15(10)28(32)33)23-19(30)14-9-16(29)25-18-17(14)20(31)27-21(26-18)24-12-4-2-3-11(22)7-12/h2-8,14,17-18,21,24,26H,9H2,1H3,(H,23,30)(H,25,29)(H,27,31). The Bertz CT molecular complexity index is 1140. The maximum absolute atomic E-state index is 13.0. The molecule has 4 rings (SSSR count). The SMILES string of the molecule is Cc1ccc(NC(=O)C2CC(=O)NC3NC(Nc4cccc(Cl)c4)NC(=O)C32)cc1[N+](=O)[O-]. The minimum atomic E-state index is -0.969. The Morgan fingerprint density at radius 2 is 1.94 bits per heavy atom. The van der Waals surface area contributed by atoms with Crippen LogP contribution in [-0.2, 0) is 14.4 Å². The monoisotopic (exact) mass is 472 g/mol. The molecule has 2 fully saturated rings. The third kappa shape index (κ3) is 4.89. The van der Waals surface area contributed by atoms with Crippen molar-refractivity contribution in [3.8, 4) is 0 Å². The minimum Gasteiger partial charge on any atom is -0.353 e. The van der Waals surface area contributed by atoms with E-state index >= 15 is 0 Å². The first-order valence-corrected chi connectivity index (χ1v) is 10.5. The summed E-state index contributed by atoms with van der Waals surface area (Å²) >= 11 is 5.99. The lowest BCUT2D eigenvalue weighted by atomic mass is 9.81. The second-order valence-electron chi connectivity index (χ2n) is 7.89. The zero-order valence-electron chi connectivity index (χ0n) is 17.4. The predicted molar refractivity (Wildman–Crippen MR) is 120 cm³/mol. The van der Waals surface area contributed by atoms with Crippen molar-refractivity contribution in [2.75, 3.05) is 10.6 Å². The summed E-state index contributed by atoms with van der Waals surface area (Å²) in [5, 5.41) is 25.9. The van der Waals surface area contributed by atoms with Gasteiger partial charge in [0.25, 0.3) is 5.69 Å². The fourth-order valence-corrected chi connectivity index (χ4v) is 4.21. The Balaban J connectivity index is 1.49. The van der Waals surface area contributed by atoms with Crippen molar-refractivity contribution >= 4 is 46.4 Å². The van der Waals surface area contributed by atoms with Crippen molar-refractivity contribution in [2.45, 2.75) is 25.8 Å². The van der Waals surface area contributed by atoms with Crippen LogP contribution in [0.25, 0.3) is 0 Å². The Morgan fingerprint density at radius 3 is 2.67 bits per heavy atom. The van der Waals surface area contributed by atoms with Gasteiger partial charge in [-0.05, 0) is 31.2 Å². The molecule has 0 bridgehead atoms. The number of nitrogens with zero attached hydrogens (tertiary/aromatic N) is 1. The summed E-state index contributed by atoms with van der Waals surface area (Å²) in [7, 11) is 0. The van der Waals surface area contributed by atoms with Crippen molar-refractivity contribution in [1.82, 2.24) is 16.0 Å². The normalized spacial score (nSPS) is 24.2. The van der Waals surface area contributed by atoms with Gasteiger partial charge >= 0.3 is 0 Å². The highest BCUT2D eigenvalue weighted by Crippen LogP contribution is 2.29. The summed E-state index contributed by atoms with van der Waals surface area (Å²) in [5.74, 6) is -3.23. The van der Waals surface area contributed by atoms with Gasteiger partial charge in [-0.15, -0.1) is 0 Å². The molecule has 0 radical (unpaired) electrons. The number of amides is 3. The molecule has 2 aromatic carbocycles. The molecule has 2 aliphatic rings. The summed E-state index contributed by atoms with van der Waals surface area (Å²) in [6, 6.07) is 11.2. The number of hydrogen-bond acceptors (Lipinski definition) is 7. The second-order valence-corrected chi connectivity index (χ2v) is 8.33. The Morgan fingerprint density at radius 1 is 1.15 bits per heavy atom. The number of fused-ring (bicyclic) bond motifs is 1. The molecule has 3 amide bonds. The lowest BCUT2D eigenvalue weighted by Gasteiger charge is -2.43. The molecule has 0 saturated carbocycles. The lowest BCUT2D eigenvalue weighted by Crippen LogP contribution is -2.72. The van der Waals surface area contributed by atoms with Crippen molar-refractivity contribution in [3.05, 3.63) is 63.2 Å². The average Bonchev–Trinajstić information content (AvgIpc) is 2.74. The Kier molecular flexibility index (Phi) is 6.16. The van der Waals surface area contributed by atoms with Gasteiger partial charge in [0.15, 0.2) is 6.29 Å². The smallest absolute Gasteiger partial charge is 0.274 e. The van der Waals surface area contributed by atoms with Gasteiger partial charge in [-0.1, -0.05) is 23.7 Å². The summed E-state index contributed by atoms with van der Waals surface area (Å²) < 4.78 is 0. The van der Waals surface area contributed by atoms with Crippen molar-refractivity contribution in [2.24, 2.45) is 11.8 Å². The highest BCUT2D eigenvalue weighted by molar-refractivity contribution is 6.30. The molecule has 2 heterocycles. The van der Waals surface area contributed by atoms with Crippen LogP contribution in [0.3, 0.4) is 0 Å². The number of nitro benzene ring substituents is 1. The maximum atomic E-state index is 13.0. The van der Waals surface area contributed by atoms with E-state index in [4.69, 9.17) is 11.6 Å². The van der Waals surface area contributed by atoms with Crippen LogP contribution in [-0.4, -0.2) is 35.1 Å². The molecule has 4 unspecified atom stereocenters. The van der Waals surface area contributed by atoms with E-state index in [2.05, 4.69) is 26.6 Å². The van der Waals surface area contributed by atoms with Crippen molar-refractivity contribution in [3.63, 3.8) is 0 Å². The van der Waals surface area contributed by atoms with Crippen molar-refractivity contribution < 1.29 is 19.3 Å². The summed E-state index contributed by atoms with van der Waals surface area (Å²) in [4.78, 5) is 48.9. The number of rotatable bonds is 5. The van der Waals surface area contributed by atoms with E-state index in [1.54, 1.807) is 31.2 Å². The average molecular weight is 473 g/mol.